The van der Waals surface area contributed by atoms with Gasteiger partial charge in [-0.3, -0.25) is 4.79 Å². The van der Waals surface area contributed by atoms with Crippen LogP contribution in [0.2, 0.25) is 0 Å². The maximum Gasteiger partial charge on any atom is 0.273 e. The lowest BCUT2D eigenvalue weighted by Crippen LogP contribution is -2.40. The van der Waals surface area contributed by atoms with Crippen molar-refractivity contribution in [2.75, 3.05) is 13.1 Å². The van der Waals surface area contributed by atoms with Gasteiger partial charge in [0.2, 0.25) is 0 Å². The molecule has 1 saturated heterocycles. The molecule has 2 rings (SSSR count). The van der Waals surface area contributed by atoms with Crippen LogP contribution >= 0.6 is 11.3 Å². The highest BCUT2D eigenvalue weighted by atomic mass is 32.1. The first-order valence-corrected chi connectivity index (χ1v) is 5.57. The van der Waals surface area contributed by atoms with E-state index in [1.165, 1.54) is 11.3 Å². The maximum atomic E-state index is 11.8. The van der Waals surface area contributed by atoms with E-state index < -0.39 is 0 Å². The van der Waals surface area contributed by atoms with Crippen molar-refractivity contribution >= 4 is 17.2 Å². The number of carbonyl (C=O) groups is 1. The van der Waals surface area contributed by atoms with Gasteiger partial charge in [-0.2, -0.15) is 0 Å². The van der Waals surface area contributed by atoms with Gasteiger partial charge in [-0.25, -0.2) is 4.98 Å². The van der Waals surface area contributed by atoms with Crippen molar-refractivity contribution < 1.29 is 9.90 Å². The highest BCUT2D eigenvalue weighted by molar-refractivity contribution is 7.07. The molecule has 5 heteroatoms. The second-order valence-electron chi connectivity index (χ2n) is 3.40. The van der Waals surface area contributed by atoms with Crippen molar-refractivity contribution in [1.82, 2.24) is 9.88 Å². The van der Waals surface area contributed by atoms with Crippen molar-refractivity contribution in [2.24, 2.45) is 0 Å². The number of rotatable bonds is 1. The average Bonchev–Trinajstić information content (AvgIpc) is 2.71. The Kier molecular flexibility index (Phi) is 2.79. The zero-order valence-electron chi connectivity index (χ0n) is 7.72. The lowest BCUT2D eigenvalue weighted by Gasteiger charge is -2.28. The van der Waals surface area contributed by atoms with E-state index in [1.54, 1.807) is 15.8 Å². The molecule has 0 saturated carbocycles. The summed E-state index contributed by atoms with van der Waals surface area (Å²) < 4.78 is 0. The highest BCUT2D eigenvalue weighted by Gasteiger charge is 2.22. The van der Waals surface area contributed by atoms with Gasteiger partial charge in [-0.05, 0) is 12.8 Å². The van der Waals surface area contributed by atoms with E-state index in [0.29, 0.717) is 31.6 Å². The summed E-state index contributed by atoms with van der Waals surface area (Å²) in [6.45, 7) is 1.27. The third-order valence-electron chi connectivity index (χ3n) is 2.40. The smallest absolute Gasteiger partial charge is 0.273 e. The van der Waals surface area contributed by atoms with Crippen LogP contribution in [0.1, 0.15) is 23.3 Å². The zero-order chi connectivity index (χ0) is 9.97. The van der Waals surface area contributed by atoms with Gasteiger partial charge in [-0.1, -0.05) is 0 Å². The van der Waals surface area contributed by atoms with Crippen LogP contribution in [-0.2, 0) is 0 Å². The fourth-order valence-electron chi connectivity index (χ4n) is 1.55. The first-order chi connectivity index (χ1) is 6.77. The number of piperidine rings is 1. The van der Waals surface area contributed by atoms with Crippen molar-refractivity contribution in [3.8, 4) is 0 Å². The quantitative estimate of drug-likeness (QED) is 0.747. The number of aliphatic hydroxyl groups is 1. The number of hydrogen-bond acceptors (Lipinski definition) is 4. The minimum atomic E-state index is -0.241. The summed E-state index contributed by atoms with van der Waals surface area (Å²) in [7, 11) is 0. The van der Waals surface area contributed by atoms with E-state index in [1.807, 2.05) is 0 Å². The topological polar surface area (TPSA) is 53.4 Å². The number of likely N-dealkylation sites (tertiary alicyclic amines) is 1. The fourth-order valence-corrected chi connectivity index (χ4v) is 2.07. The summed E-state index contributed by atoms with van der Waals surface area (Å²) >= 11 is 1.42. The first kappa shape index (κ1) is 9.61. The second-order valence-corrected chi connectivity index (χ2v) is 4.12. The normalized spacial score (nSPS) is 18.5. The van der Waals surface area contributed by atoms with Gasteiger partial charge in [0.1, 0.15) is 5.69 Å². The predicted molar refractivity (Wildman–Crippen MR) is 53.3 cm³/mol. The Morgan fingerprint density at radius 1 is 1.57 bits per heavy atom. The monoisotopic (exact) mass is 212 g/mol. The van der Waals surface area contributed by atoms with Crippen molar-refractivity contribution in [1.29, 1.82) is 0 Å². The molecule has 1 amide bonds. The molecule has 0 aromatic carbocycles. The van der Waals surface area contributed by atoms with E-state index in [2.05, 4.69) is 4.98 Å². The Balaban J connectivity index is 1.99. The molecule has 0 spiro atoms. The second kappa shape index (κ2) is 4.06. The number of nitrogens with zero attached hydrogens (tertiary/aromatic N) is 2. The van der Waals surface area contributed by atoms with Crippen LogP contribution < -0.4 is 0 Å². The molecule has 1 aromatic heterocycles. The molecule has 2 heterocycles. The number of hydrogen-bond donors (Lipinski definition) is 1. The molecule has 1 aromatic rings. The van der Waals surface area contributed by atoms with E-state index >= 15 is 0 Å². The van der Waals surface area contributed by atoms with Crippen LogP contribution in [-0.4, -0.2) is 40.1 Å². The van der Waals surface area contributed by atoms with Gasteiger partial charge in [0.25, 0.3) is 5.91 Å². The Hall–Kier alpha value is -0.940. The minimum absolute atomic E-state index is 0.0156. The Morgan fingerprint density at radius 3 is 2.86 bits per heavy atom. The minimum Gasteiger partial charge on any atom is -0.393 e. The largest absolute Gasteiger partial charge is 0.393 e. The van der Waals surface area contributed by atoms with Gasteiger partial charge in [0.15, 0.2) is 0 Å². The van der Waals surface area contributed by atoms with Gasteiger partial charge in [0.05, 0.1) is 11.6 Å². The zero-order valence-corrected chi connectivity index (χ0v) is 8.54. The molecule has 0 unspecified atom stereocenters. The van der Waals surface area contributed by atoms with Crippen molar-refractivity contribution in [3.63, 3.8) is 0 Å². The van der Waals surface area contributed by atoms with Crippen LogP contribution in [0.3, 0.4) is 0 Å². The van der Waals surface area contributed by atoms with E-state index in [0.717, 1.165) is 0 Å². The molecule has 0 radical (unpaired) electrons. The standard InChI is InChI=1S/C9H12N2O2S/c12-7-1-3-11(4-2-7)9(13)8-5-14-6-10-8/h5-7,12H,1-4H2. The fraction of sp³-hybridized carbons (Fsp3) is 0.556. The summed E-state index contributed by atoms with van der Waals surface area (Å²) in [5.74, 6) is -0.0156. The third-order valence-corrected chi connectivity index (χ3v) is 2.99. The van der Waals surface area contributed by atoms with Crippen LogP contribution in [0.4, 0.5) is 0 Å². The van der Waals surface area contributed by atoms with E-state index in [-0.39, 0.29) is 12.0 Å². The van der Waals surface area contributed by atoms with Gasteiger partial charge < -0.3 is 10.0 Å². The van der Waals surface area contributed by atoms with Crippen molar-refractivity contribution in [3.05, 3.63) is 16.6 Å². The Labute approximate surface area is 86.2 Å². The molecule has 1 aliphatic rings. The Bertz CT molecular complexity index is 305. The van der Waals surface area contributed by atoms with Gasteiger partial charge in [0, 0.05) is 18.5 Å². The molecule has 0 aliphatic carbocycles. The van der Waals surface area contributed by atoms with Crippen LogP contribution in [0, 0.1) is 0 Å². The summed E-state index contributed by atoms with van der Waals surface area (Å²) in [5, 5.41) is 11.0. The average molecular weight is 212 g/mol. The molecule has 1 aliphatic heterocycles. The van der Waals surface area contributed by atoms with E-state index in [4.69, 9.17) is 0 Å². The number of thiazole rings is 1. The molecule has 0 bridgehead atoms. The van der Waals surface area contributed by atoms with Crippen LogP contribution in [0.5, 0.6) is 0 Å². The summed E-state index contributed by atoms with van der Waals surface area (Å²) in [4.78, 5) is 17.5. The molecule has 4 nitrogen and oxygen atoms in total. The van der Waals surface area contributed by atoms with Crippen LogP contribution in [0.15, 0.2) is 10.9 Å². The lowest BCUT2D eigenvalue weighted by atomic mass is 10.1. The van der Waals surface area contributed by atoms with Gasteiger partial charge in [-0.15, -0.1) is 11.3 Å². The molecular weight excluding hydrogens is 200 g/mol. The van der Waals surface area contributed by atoms with Gasteiger partial charge >= 0.3 is 0 Å². The molecule has 76 valence electrons. The molecular formula is C9H12N2O2S. The third kappa shape index (κ3) is 1.93. The number of carbonyl (C=O) groups excluding carboxylic acids is 1. The summed E-state index contributed by atoms with van der Waals surface area (Å²) in [6, 6.07) is 0. The lowest BCUT2D eigenvalue weighted by molar-refractivity contribution is 0.0542. The summed E-state index contributed by atoms with van der Waals surface area (Å²) in [5.41, 5.74) is 2.18. The predicted octanol–water partition coefficient (Wildman–Crippen LogP) is 0.740. The molecule has 14 heavy (non-hydrogen) atoms. The highest BCUT2D eigenvalue weighted by Crippen LogP contribution is 2.13. The number of amides is 1. The van der Waals surface area contributed by atoms with Crippen LogP contribution in [0.25, 0.3) is 0 Å². The molecule has 0 atom stereocenters. The Morgan fingerprint density at radius 2 is 2.29 bits per heavy atom. The molecule has 1 N–H and O–H groups in total. The maximum absolute atomic E-state index is 11.8. The number of aliphatic hydroxyl groups excluding tert-OH is 1. The van der Waals surface area contributed by atoms with E-state index in [9.17, 15) is 9.90 Å². The molecule has 1 fully saturated rings. The van der Waals surface area contributed by atoms with Crippen molar-refractivity contribution in [2.45, 2.75) is 18.9 Å². The number of aromatic nitrogens is 1. The first-order valence-electron chi connectivity index (χ1n) is 4.63. The SMILES string of the molecule is O=C(c1cscn1)N1CCC(O)CC1. The summed E-state index contributed by atoms with van der Waals surface area (Å²) in [6.07, 6.45) is 1.11.